The average Bonchev–Trinajstić information content (AvgIpc) is 2.82. The van der Waals surface area contributed by atoms with E-state index in [1.807, 2.05) is 45.0 Å². The zero-order chi connectivity index (χ0) is 23.6. The van der Waals surface area contributed by atoms with Gasteiger partial charge >= 0.3 is 0 Å². The van der Waals surface area contributed by atoms with Crippen molar-refractivity contribution in [3.05, 3.63) is 42.0 Å². The Morgan fingerprint density at radius 3 is 2.09 bits per heavy atom. The van der Waals surface area contributed by atoms with Crippen LogP contribution in [0.1, 0.15) is 31.1 Å². The second-order valence-electron chi connectivity index (χ2n) is 7.16. The minimum atomic E-state index is -0.373. The summed E-state index contributed by atoms with van der Waals surface area (Å²) in [4.78, 5) is 15.1. The Hall–Kier alpha value is -3.04. The molecule has 0 aromatic heterocycles. The molecule has 1 saturated heterocycles. The monoisotopic (exact) mass is 473 g/mol. The number of nitrogens with zero attached hydrogens (tertiary/aromatic N) is 1. The topological polar surface area (TPSA) is 81.3 Å². The fourth-order valence-electron chi connectivity index (χ4n) is 3.43. The lowest BCUT2D eigenvalue weighted by Crippen LogP contribution is -2.36. The number of benzene rings is 2. The van der Waals surface area contributed by atoms with E-state index in [0.717, 1.165) is 37.7 Å². The minimum Gasteiger partial charge on any atom is -0.490 e. The molecule has 0 spiro atoms. The first kappa shape index (κ1) is 24.6. The van der Waals surface area contributed by atoms with Crippen molar-refractivity contribution in [2.75, 3.05) is 56.3 Å². The zero-order valence-corrected chi connectivity index (χ0v) is 20.1. The number of carbonyl (C=O) groups excluding carboxylic acids is 1. The molecule has 1 aliphatic rings. The molecule has 33 heavy (non-hydrogen) atoms. The summed E-state index contributed by atoms with van der Waals surface area (Å²) < 4.78 is 22.5. The quantitative estimate of drug-likeness (QED) is 0.532. The van der Waals surface area contributed by atoms with Gasteiger partial charge in [-0.1, -0.05) is 0 Å². The van der Waals surface area contributed by atoms with Gasteiger partial charge in [0.2, 0.25) is 5.75 Å². The summed E-state index contributed by atoms with van der Waals surface area (Å²) in [6, 6.07) is 11.2. The molecule has 1 heterocycles. The molecule has 3 rings (SSSR count). The van der Waals surface area contributed by atoms with Gasteiger partial charge in [-0.25, -0.2) is 0 Å². The summed E-state index contributed by atoms with van der Waals surface area (Å²) in [6.07, 6.45) is 0. The van der Waals surface area contributed by atoms with E-state index < -0.39 is 0 Å². The van der Waals surface area contributed by atoms with Gasteiger partial charge in [0.25, 0.3) is 5.91 Å². The first-order valence-corrected chi connectivity index (χ1v) is 11.6. The predicted molar refractivity (Wildman–Crippen MR) is 133 cm³/mol. The Morgan fingerprint density at radius 2 is 1.55 bits per heavy atom. The van der Waals surface area contributed by atoms with Crippen LogP contribution in [0.3, 0.4) is 0 Å². The third-order valence-electron chi connectivity index (χ3n) is 4.90. The molecule has 0 unspecified atom stereocenters. The van der Waals surface area contributed by atoms with Gasteiger partial charge in [0.15, 0.2) is 16.6 Å². The predicted octanol–water partition coefficient (Wildman–Crippen LogP) is 3.85. The summed E-state index contributed by atoms with van der Waals surface area (Å²) in [5, 5.41) is 5.97. The Bertz CT molecular complexity index is 919. The molecule has 2 N–H and O–H groups in total. The number of rotatable bonds is 9. The van der Waals surface area contributed by atoms with Gasteiger partial charge in [-0.3, -0.25) is 10.1 Å². The van der Waals surface area contributed by atoms with Gasteiger partial charge in [-0.15, -0.1) is 0 Å². The number of amides is 1. The summed E-state index contributed by atoms with van der Waals surface area (Å²) in [7, 11) is 0. The number of carbonyl (C=O) groups is 1. The highest BCUT2D eigenvalue weighted by Crippen LogP contribution is 2.39. The fourth-order valence-corrected chi connectivity index (χ4v) is 3.65. The number of nitrogens with one attached hydrogen (secondary N) is 2. The van der Waals surface area contributed by atoms with Gasteiger partial charge in [-0.05, 0) is 69.4 Å². The van der Waals surface area contributed by atoms with Crippen LogP contribution in [-0.4, -0.2) is 57.1 Å². The third kappa shape index (κ3) is 6.72. The summed E-state index contributed by atoms with van der Waals surface area (Å²) in [6.45, 7) is 10.1. The van der Waals surface area contributed by atoms with Gasteiger partial charge < -0.3 is 29.2 Å². The number of hydrogen-bond acceptors (Lipinski definition) is 7. The zero-order valence-electron chi connectivity index (χ0n) is 19.3. The van der Waals surface area contributed by atoms with Crippen LogP contribution in [-0.2, 0) is 4.74 Å². The standard InChI is InChI=1S/C24H31N3O5S/c1-4-30-20-15-17(16-21(31-5-2)22(20)32-6-3)23(28)26-24(33)25-18-7-9-19(10-8-18)27-11-13-29-14-12-27/h7-10,15-16H,4-6,11-14H2,1-3H3,(H2,25,26,28,33). The molecule has 0 aliphatic carbocycles. The van der Waals surface area contributed by atoms with E-state index in [4.69, 9.17) is 31.2 Å². The largest absolute Gasteiger partial charge is 0.490 e. The van der Waals surface area contributed by atoms with Crippen LogP contribution >= 0.6 is 12.2 Å². The molecule has 178 valence electrons. The van der Waals surface area contributed by atoms with Crippen LogP contribution in [0.25, 0.3) is 0 Å². The number of hydrogen-bond donors (Lipinski definition) is 2. The van der Waals surface area contributed by atoms with Gasteiger partial charge in [0.1, 0.15) is 0 Å². The SMILES string of the molecule is CCOc1cc(C(=O)NC(=S)Nc2ccc(N3CCOCC3)cc2)cc(OCC)c1OCC. The highest BCUT2D eigenvalue weighted by molar-refractivity contribution is 7.80. The number of ether oxygens (including phenoxy) is 4. The van der Waals surface area contributed by atoms with Crippen LogP contribution in [0.2, 0.25) is 0 Å². The van der Waals surface area contributed by atoms with Gasteiger partial charge in [0.05, 0.1) is 33.0 Å². The Morgan fingerprint density at radius 1 is 0.970 bits per heavy atom. The van der Waals surface area contributed by atoms with E-state index in [1.165, 1.54) is 0 Å². The van der Waals surface area contributed by atoms with Crippen molar-refractivity contribution >= 4 is 34.6 Å². The van der Waals surface area contributed by atoms with Crippen LogP contribution < -0.4 is 29.7 Å². The normalized spacial score (nSPS) is 13.2. The molecule has 1 aliphatic heterocycles. The minimum absolute atomic E-state index is 0.198. The lowest BCUT2D eigenvalue weighted by molar-refractivity contribution is 0.0976. The van der Waals surface area contributed by atoms with Crippen molar-refractivity contribution in [1.29, 1.82) is 0 Å². The number of anilines is 2. The maximum atomic E-state index is 12.9. The van der Waals surface area contributed by atoms with Crippen LogP contribution in [0.4, 0.5) is 11.4 Å². The molecule has 8 nitrogen and oxygen atoms in total. The van der Waals surface area contributed by atoms with E-state index in [9.17, 15) is 4.79 Å². The first-order valence-electron chi connectivity index (χ1n) is 11.2. The van der Waals surface area contributed by atoms with Crippen LogP contribution in [0.15, 0.2) is 36.4 Å². The summed E-state index contributed by atoms with van der Waals surface area (Å²) in [5.41, 5.74) is 2.27. The second-order valence-corrected chi connectivity index (χ2v) is 7.56. The maximum absolute atomic E-state index is 12.9. The van der Waals surface area contributed by atoms with Crippen molar-refractivity contribution in [3.8, 4) is 17.2 Å². The Kier molecular flexibility index (Phi) is 9.14. The third-order valence-corrected chi connectivity index (χ3v) is 5.10. The summed E-state index contributed by atoms with van der Waals surface area (Å²) in [5.74, 6) is 1.02. The molecule has 0 bridgehead atoms. The smallest absolute Gasteiger partial charge is 0.257 e. The Labute approximate surface area is 200 Å². The van der Waals surface area contributed by atoms with Crippen LogP contribution in [0.5, 0.6) is 17.2 Å². The van der Waals surface area contributed by atoms with Crippen molar-refractivity contribution in [2.24, 2.45) is 0 Å². The lowest BCUT2D eigenvalue weighted by atomic mass is 10.1. The number of morpholine rings is 1. The van der Waals surface area contributed by atoms with E-state index in [1.54, 1.807) is 12.1 Å². The molecule has 2 aromatic carbocycles. The van der Waals surface area contributed by atoms with Gasteiger partial charge in [0, 0.05) is 30.0 Å². The van der Waals surface area contributed by atoms with E-state index in [-0.39, 0.29) is 11.0 Å². The molecule has 0 atom stereocenters. The van der Waals surface area contributed by atoms with Crippen molar-refractivity contribution < 1.29 is 23.7 Å². The molecule has 9 heteroatoms. The van der Waals surface area contributed by atoms with Gasteiger partial charge in [-0.2, -0.15) is 0 Å². The molecule has 1 amide bonds. The lowest BCUT2D eigenvalue weighted by Gasteiger charge is -2.28. The molecule has 1 fully saturated rings. The van der Waals surface area contributed by atoms with Crippen LogP contribution in [0, 0.1) is 0 Å². The van der Waals surface area contributed by atoms with Crippen molar-refractivity contribution in [2.45, 2.75) is 20.8 Å². The maximum Gasteiger partial charge on any atom is 0.257 e. The van der Waals surface area contributed by atoms with E-state index in [2.05, 4.69) is 15.5 Å². The molecular weight excluding hydrogens is 442 g/mol. The molecule has 0 radical (unpaired) electrons. The number of thiocarbonyl (C=S) groups is 1. The highest BCUT2D eigenvalue weighted by Gasteiger charge is 2.19. The van der Waals surface area contributed by atoms with E-state index in [0.29, 0.717) is 42.6 Å². The molecule has 0 saturated carbocycles. The highest BCUT2D eigenvalue weighted by atomic mass is 32.1. The second kappa shape index (κ2) is 12.3. The summed E-state index contributed by atoms with van der Waals surface area (Å²) >= 11 is 5.35. The average molecular weight is 474 g/mol. The van der Waals surface area contributed by atoms with E-state index >= 15 is 0 Å². The Balaban J connectivity index is 1.67. The van der Waals surface area contributed by atoms with Crippen molar-refractivity contribution in [3.63, 3.8) is 0 Å². The fraction of sp³-hybridized carbons (Fsp3) is 0.417. The molecule has 2 aromatic rings. The molecular formula is C24H31N3O5S. The van der Waals surface area contributed by atoms with Crippen molar-refractivity contribution in [1.82, 2.24) is 5.32 Å². The first-order chi connectivity index (χ1) is 16.0.